The van der Waals surface area contributed by atoms with Crippen LogP contribution in [0.1, 0.15) is 30.7 Å². The number of aromatic nitrogens is 1. The largest absolute Gasteiger partial charge is 0.369 e. The summed E-state index contributed by atoms with van der Waals surface area (Å²) in [5.74, 6) is 0.210. The van der Waals surface area contributed by atoms with Crippen molar-refractivity contribution in [1.29, 1.82) is 0 Å². The van der Waals surface area contributed by atoms with Gasteiger partial charge < -0.3 is 20.9 Å². The van der Waals surface area contributed by atoms with Crippen molar-refractivity contribution in [3.8, 4) is 0 Å². The summed E-state index contributed by atoms with van der Waals surface area (Å²) in [5.41, 5.74) is 6.64. The lowest BCUT2D eigenvalue weighted by Crippen LogP contribution is -2.52. The fourth-order valence-electron chi connectivity index (χ4n) is 3.59. The second-order valence-corrected chi connectivity index (χ2v) is 7.01. The first kappa shape index (κ1) is 17.7. The van der Waals surface area contributed by atoms with E-state index in [0.717, 1.165) is 52.0 Å². The topological polar surface area (TPSA) is 91.6 Å². The third-order valence-electron chi connectivity index (χ3n) is 5.18. The fourth-order valence-corrected chi connectivity index (χ4v) is 3.59. The van der Waals surface area contributed by atoms with E-state index >= 15 is 0 Å². The maximum absolute atomic E-state index is 12.1. The predicted octanol–water partition coefficient (Wildman–Crippen LogP) is 0.778. The van der Waals surface area contributed by atoms with Crippen LogP contribution >= 0.6 is 0 Å². The molecular weight excluding hydrogens is 318 g/mol. The highest BCUT2D eigenvalue weighted by atomic mass is 16.2. The molecule has 3 rings (SSSR count). The number of likely N-dealkylation sites (tertiary alicyclic amines) is 2. The van der Waals surface area contributed by atoms with Gasteiger partial charge in [0.15, 0.2) is 0 Å². The summed E-state index contributed by atoms with van der Waals surface area (Å²) in [6.07, 6.45) is 6.39. The van der Waals surface area contributed by atoms with Gasteiger partial charge in [0.05, 0.1) is 5.92 Å². The van der Waals surface area contributed by atoms with Gasteiger partial charge in [0.2, 0.25) is 5.91 Å². The van der Waals surface area contributed by atoms with Crippen molar-refractivity contribution < 1.29 is 9.59 Å². The molecule has 1 aromatic heterocycles. The van der Waals surface area contributed by atoms with E-state index in [2.05, 4.69) is 15.2 Å². The molecule has 7 nitrogen and oxygen atoms in total. The zero-order valence-corrected chi connectivity index (χ0v) is 14.6. The standard InChI is InChI=1S/C18H27N5O2/c19-17(24)15-3-1-9-22(11-15)10-2-6-21-18(25)23-12-16(13-23)14-4-7-20-8-5-14/h4-5,7-8,15-16H,1-3,6,9-13H2,(H2,19,24)(H,21,25)/t15-/m1/s1. The second kappa shape index (κ2) is 8.29. The van der Waals surface area contributed by atoms with Crippen LogP contribution < -0.4 is 11.1 Å². The number of hydrogen-bond acceptors (Lipinski definition) is 4. The molecule has 0 unspecified atom stereocenters. The summed E-state index contributed by atoms with van der Waals surface area (Å²) in [7, 11) is 0. The van der Waals surface area contributed by atoms with E-state index in [4.69, 9.17) is 5.73 Å². The molecule has 3 amide bonds. The highest BCUT2D eigenvalue weighted by molar-refractivity contribution is 5.77. The van der Waals surface area contributed by atoms with Gasteiger partial charge in [-0.2, -0.15) is 0 Å². The van der Waals surface area contributed by atoms with Crippen molar-refractivity contribution in [3.05, 3.63) is 30.1 Å². The lowest BCUT2D eigenvalue weighted by Gasteiger charge is -2.39. The Kier molecular flexibility index (Phi) is 5.86. The maximum atomic E-state index is 12.1. The number of carbonyl (C=O) groups is 2. The number of nitrogens with one attached hydrogen (secondary N) is 1. The number of primary amides is 1. The molecule has 25 heavy (non-hydrogen) atoms. The lowest BCUT2D eigenvalue weighted by atomic mass is 9.93. The number of amides is 3. The summed E-state index contributed by atoms with van der Waals surface area (Å²) >= 11 is 0. The van der Waals surface area contributed by atoms with Crippen LogP contribution in [0, 0.1) is 5.92 Å². The average molecular weight is 345 g/mol. The van der Waals surface area contributed by atoms with Crippen molar-refractivity contribution in [1.82, 2.24) is 20.1 Å². The van der Waals surface area contributed by atoms with Crippen LogP contribution in [0.3, 0.4) is 0 Å². The molecule has 2 aliphatic heterocycles. The molecule has 1 aromatic rings. The zero-order chi connectivity index (χ0) is 17.6. The van der Waals surface area contributed by atoms with Crippen LogP contribution in [0.15, 0.2) is 24.5 Å². The summed E-state index contributed by atoms with van der Waals surface area (Å²) in [5, 5.41) is 2.99. The first-order valence-corrected chi connectivity index (χ1v) is 9.08. The van der Waals surface area contributed by atoms with Crippen molar-refractivity contribution in [2.75, 3.05) is 39.3 Å². The van der Waals surface area contributed by atoms with E-state index in [9.17, 15) is 9.59 Å². The quantitative estimate of drug-likeness (QED) is 0.745. The Balaban J connectivity index is 1.30. The summed E-state index contributed by atoms with van der Waals surface area (Å²) in [6, 6.07) is 4.04. The third-order valence-corrected chi connectivity index (χ3v) is 5.18. The number of carbonyl (C=O) groups excluding carboxylic acids is 2. The number of urea groups is 1. The van der Waals surface area contributed by atoms with Gasteiger partial charge in [-0.3, -0.25) is 9.78 Å². The molecule has 3 heterocycles. The van der Waals surface area contributed by atoms with Gasteiger partial charge in [-0.1, -0.05) is 0 Å². The zero-order valence-electron chi connectivity index (χ0n) is 14.6. The molecule has 0 aliphatic carbocycles. The number of piperidine rings is 1. The number of nitrogens with zero attached hydrogens (tertiary/aromatic N) is 3. The van der Waals surface area contributed by atoms with Crippen molar-refractivity contribution in [2.45, 2.75) is 25.2 Å². The summed E-state index contributed by atoms with van der Waals surface area (Å²) in [4.78, 5) is 31.5. The van der Waals surface area contributed by atoms with E-state index in [1.807, 2.05) is 17.0 Å². The Hall–Kier alpha value is -2.15. The number of nitrogens with two attached hydrogens (primary N) is 1. The molecule has 2 fully saturated rings. The fraction of sp³-hybridized carbons (Fsp3) is 0.611. The Morgan fingerprint density at radius 1 is 1.24 bits per heavy atom. The minimum absolute atomic E-state index is 0.0129. The molecule has 0 bridgehead atoms. The highest BCUT2D eigenvalue weighted by Crippen LogP contribution is 2.26. The Bertz CT molecular complexity index is 588. The number of pyridine rings is 1. The molecule has 7 heteroatoms. The normalized spacial score (nSPS) is 21.6. The van der Waals surface area contributed by atoms with Crippen molar-refractivity contribution >= 4 is 11.9 Å². The van der Waals surface area contributed by atoms with Gasteiger partial charge in [0, 0.05) is 44.5 Å². The van der Waals surface area contributed by atoms with E-state index in [0.29, 0.717) is 12.5 Å². The van der Waals surface area contributed by atoms with Gasteiger partial charge in [0.1, 0.15) is 0 Å². The molecule has 0 saturated carbocycles. The first-order valence-electron chi connectivity index (χ1n) is 9.08. The molecule has 0 spiro atoms. The molecule has 3 N–H and O–H groups in total. The van der Waals surface area contributed by atoms with Crippen LogP contribution in [0.2, 0.25) is 0 Å². The molecule has 0 radical (unpaired) electrons. The number of rotatable bonds is 6. The monoisotopic (exact) mass is 345 g/mol. The minimum atomic E-state index is -0.195. The van der Waals surface area contributed by atoms with E-state index in [-0.39, 0.29) is 17.9 Å². The molecule has 2 saturated heterocycles. The van der Waals surface area contributed by atoms with Gasteiger partial charge in [-0.25, -0.2) is 4.79 Å². The molecule has 2 aliphatic rings. The van der Waals surface area contributed by atoms with Gasteiger partial charge >= 0.3 is 6.03 Å². The smallest absolute Gasteiger partial charge is 0.317 e. The molecular formula is C18H27N5O2. The molecule has 136 valence electrons. The van der Waals surface area contributed by atoms with Crippen molar-refractivity contribution in [2.24, 2.45) is 11.7 Å². The minimum Gasteiger partial charge on any atom is -0.369 e. The van der Waals surface area contributed by atoms with Gasteiger partial charge in [-0.05, 0) is 50.0 Å². The van der Waals surface area contributed by atoms with Crippen LogP contribution in [-0.2, 0) is 4.79 Å². The summed E-state index contributed by atoms with van der Waals surface area (Å²) in [6.45, 7) is 4.85. The molecule has 0 aromatic carbocycles. The highest BCUT2D eigenvalue weighted by Gasteiger charge is 2.31. The van der Waals surface area contributed by atoms with Crippen molar-refractivity contribution in [3.63, 3.8) is 0 Å². The molecule has 1 atom stereocenters. The van der Waals surface area contributed by atoms with Crippen LogP contribution in [-0.4, -0.2) is 66.0 Å². The Morgan fingerprint density at radius 3 is 2.72 bits per heavy atom. The summed E-state index contributed by atoms with van der Waals surface area (Å²) < 4.78 is 0. The van der Waals surface area contributed by atoms with Gasteiger partial charge in [-0.15, -0.1) is 0 Å². The Morgan fingerprint density at radius 2 is 2.00 bits per heavy atom. The second-order valence-electron chi connectivity index (χ2n) is 7.01. The van der Waals surface area contributed by atoms with Crippen LogP contribution in [0.5, 0.6) is 0 Å². The predicted molar refractivity (Wildman–Crippen MR) is 94.9 cm³/mol. The third kappa shape index (κ3) is 4.69. The Labute approximate surface area is 148 Å². The van der Waals surface area contributed by atoms with Gasteiger partial charge in [0.25, 0.3) is 0 Å². The van der Waals surface area contributed by atoms with Crippen LogP contribution in [0.4, 0.5) is 4.79 Å². The van der Waals surface area contributed by atoms with Crippen LogP contribution in [0.25, 0.3) is 0 Å². The number of hydrogen-bond donors (Lipinski definition) is 2. The van der Waals surface area contributed by atoms with E-state index in [1.54, 1.807) is 12.4 Å². The van der Waals surface area contributed by atoms with E-state index in [1.165, 1.54) is 5.56 Å². The SMILES string of the molecule is NC(=O)[C@@H]1CCCN(CCCNC(=O)N2CC(c3ccncc3)C2)C1. The maximum Gasteiger partial charge on any atom is 0.317 e. The first-order chi connectivity index (χ1) is 12.1. The van der Waals surface area contributed by atoms with E-state index < -0.39 is 0 Å². The average Bonchev–Trinajstić information content (AvgIpc) is 2.59. The lowest BCUT2D eigenvalue weighted by molar-refractivity contribution is -0.123.